The molecule has 0 saturated heterocycles. The van der Waals surface area contributed by atoms with Gasteiger partial charge < -0.3 is 15.2 Å². The van der Waals surface area contributed by atoms with Crippen molar-refractivity contribution in [1.82, 2.24) is 0 Å². The number of hydrogen-bond donors (Lipinski definition) is 2. The van der Waals surface area contributed by atoms with Gasteiger partial charge in [0.05, 0.1) is 10.0 Å². The van der Waals surface area contributed by atoms with Crippen LogP contribution in [0.2, 0.25) is 0 Å². The van der Waals surface area contributed by atoms with Gasteiger partial charge in [0.1, 0.15) is 24.0 Å². The van der Waals surface area contributed by atoms with Crippen molar-refractivity contribution in [3.63, 3.8) is 0 Å². The monoisotopic (exact) mass is 504 g/mol. The molecule has 0 atom stereocenters. The Balaban J connectivity index is 1.67. The van der Waals surface area contributed by atoms with Crippen LogP contribution in [0.5, 0.6) is 5.75 Å². The van der Waals surface area contributed by atoms with E-state index in [1.807, 2.05) is 30.3 Å². The molecule has 3 rings (SSSR count). The number of amides is 1. The smallest absolute Gasteiger partial charge is 0.335 e. The zero-order valence-electron chi connectivity index (χ0n) is 17.8. The number of aryl methyl sites for hydroxylation is 1. The highest BCUT2D eigenvalue weighted by Gasteiger charge is 2.11. The Hall–Kier alpha value is -3.89. The maximum Gasteiger partial charge on any atom is 0.335 e. The molecule has 0 bridgehead atoms. The lowest BCUT2D eigenvalue weighted by Crippen LogP contribution is -2.13. The summed E-state index contributed by atoms with van der Waals surface area (Å²) in [5.74, 6) is -0.884. The molecule has 0 spiro atoms. The van der Waals surface area contributed by atoms with E-state index in [0.29, 0.717) is 21.5 Å². The van der Waals surface area contributed by atoms with Crippen molar-refractivity contribution in [2.24, 2.45) is 0 Å². The molecule has 0 saturated carbocycles. The molecule has 1 amide bonds. The third kappa shape index (κ3) is 6.55. The summed E-state index contributed by atoms with van der Waals surface area (Å²) in [5.41, 5.74) is 3.47. The minimum absolute atomic E-state index is 0.0198. The highest BCUT2D eigenvalue weighted by atomic mass is 79.9. The quantitative estimate of drug-likeness (QED) is 0.296. The fraction of sp³-hybridized carbons (Fsp3) is 0.115. The third-order valence-corrected chi connectivity index (χ3v) is 5.47. The van der Waals surface area contributed by atoms with Gasteiger partial charge in [-0.3, -0.25) is 4.79 Å². The van der Waals surface area contributed by atoms with Gasteiger partial charge in [-0.1, -0.05) is 37.3 Å². The van der Waals surface area contributed by atoms with Gasteiger partial charge in [0.25, 0.3) is 5.91 Å². The molecule has 6 nitrogen and oxygen atoms in total. The van der Waals surface area contributed by atoms with Crippen molar-refractivity contribution in [3.05, 3.63) is 99.0 Å². The van der Waals surface area contributed by atoms with Crippen LogP contribution in [0.15, 0.2) is 76.8 Å². The first-order chi connectivity index (χ1) is 15.9. The second-order valence-corrected chi connectivity index (χ2v) is 8.01. The van der Waals surface area contributed by atoms with Gasteiger partial charge >= 0.3 is 5.97 Å². The molecule has 0 radical (unpaired) electrons. The molecule has 0 heterocycles. The van der Waals surface area contributed by atoms with Crippen LogP contribution in [0.3, 0.4) is 0 Å². The molecule has 0 fully saturated rings. The maximum atomic E-state index is 12.5. The van der Waals surface area contributed by atoms with Crippen LogP contribution in [-0.4, -0.2) is 17.0 Å². The first-order valence-corrected chi connectivity index (χ1v) is 11.0. The van der Waals surface area contributed by atoms with Crippen LogP contribution in [0.25, 0.3) is 6.08 Å². The lowest BCUT2D eigenvalue weighted by atomic mass is 10.1. The number of aromatic carboxylic acids is 1. The Morgan fingerprint density at radius 2 is 1.73 bits per heavy atom. The zero-order chi connectivity index (χ0) is 23.8. The summed E-state index contributed by atoms with van der Waals surface area (Å²) in [5, 5.41) is 21.2. The number of benzene rings is 3. The van der Waals surface area contributed by atoms with E-state index in [-0.39, 0.29) is 17.7 Å². The summed E-state index contributed by atoms with van der Waals surface area (Å²) in [6, 6.07) is 21.1. The van der Waals surface area contributed by atoms with E-state index in [1.165, 1.54) is 18.2 Å². The van der Waals surface area contributed by atoms with Gasteiger partial charge in [-0.2, -0.15) is 5.26 Å². The fourth-order valence-electron chi connectivity index (χ4n) is 2.97. The Kier molecular flexibility index (Phi) is 8.01. The van der Waals surface area contributed by atoms with Crippen LogP contribution < -0.4 is 10.1 Å². The number of nitrogens with zero attached hydrogens (tertiary/aromatic N) is 1. The molecule has 166 valence electrons. The van der Waals surface area contributed by atoms with Crippen LogP contribution >= 0.6 is 15.9 Å². The zero-order valence-corrected chi connectivity index (χ0v) is 19.4. The molecule has 0 aliphatic carbocycles. The first-order valence-electron chi connectivity index (χ1n) is 10.2. The average molecular weight is 505 g/mol. The van der Waals surface area contributed by atoms with Crippen molar-refractivity contribution in [1.29, 1.82) is 5.26 Å². The standard InChI is InChI=1S/C26H21BrN2O4/c1-2-17-5-10-22(11-6-17)29-25(30)21(15-28)13-19-7-12-24(23(27)14-19)33-16-18-3-8-20(9-4-18)26(31)32/h3-14H,2,16H2,1H3,(H,29,30)(H,31,32). The topological polar surface area (TPSA) is 99.4 Å². The van der Waals surface area contributed by atoms with Gasteiger partial charge in [-0.15, -0.1) is 0 Å². The normalized spacial score (nSPS) is 10.9. The van der Waals surface area contributed by atoms with Crippen molar-refractivity contribution in [2.75, 3.05) is 5.32 Å². The molecule has 3 aromatic rings. The van der Waals surface area contributed by atoms with Crippen LogP contribution in [0.1, 0.15) is 34.0 Å². The maximum absolute atomic E-state index is 12.5. The van der Waals surface area contributed by atoms with E-state index in [2.05, 4.69) is 28.2 Å². The molecular weight excluding hydrogens is 484 g/mol. The van der Waals surface area contributed by atoms with E-state index < -0.39 is 11.9 Å². The molecule has 3 aromatic carbocycles. The minimum atomic E-state index is -0.978. The number of anilines is 1. The van der Waals surface area contributed by atoms with Crippen molar-refractivity contribution in [3.8, 4) is 11.8 Å². The Labute approximate surface area is 200 Å². The number of carbonyl (C=O) groups excluding carboxylic acids is 1. The Bertz CT molecular complexity index is 1230. The summed E-state index contributed by atoms with van der Waals surface area (Å²) in [4.78, 5) is 23.4. The average Bonchev–Trinajstić information content (AvgIpc) is 2.82. The largest absolute Gasteiger partial charge is 0.488 e. The summed E-state index contributed by atoms with van der Waals surface area (Å²) in [6.07, 6.45) is 2.41. The lowest BCUT2D eigenvalue weighted by molar-refractivity contribution is -0.112. The summed E-state index contributed by atoms with van der Waals surface area (Å²) < 4.78 is 6.45. The molecule has 0 aliphatic heterocycles. The molecule has 7 heteroatoms. The number of hydrogen-bond acceptors (Lipinski definition) is 4. The highest BCUT2D eigenvalue weighted by molar-refractivity contribution is 9.10. The van der Waals surface area contributed by atoms with E-state index >= 15 is 0 Å². The first kappa shape index (κ1) is 23.8. The predicted octanol–water partition coefficient (Wildman–Crippen LogP) is 5.83. The number of carboxylic acids is 1. The number of rotatable bonds is 8. The fourth-order valence-corrected chi connectivity index (χ4v) is 3.48. The summed E-state index contributed by atoms with van der Waals surface area (Å²) >= 11 is 3.45. The van der Waals surface area contributed by atoms with Crippen LogP contribution in [-0.2, 0) is 17.8 Å². The second-order valence-electron chi connectivity index (χ2n) is 7.16. The van der Waals surface area contributed by atoms with Gasteiger partial charge in [0.2, 0.25) is 0 Å². The van der Waals surface area contributed by atoms with E-state index in [1.54, 1.807) is 30.3 Å². The third-order valence-electron chi connectivity index (χ3n) is 4.85. The number of halogens is 1. The molecule has 0 unspecified atom stereocenters. The molecule has 33 heavy (non-hydrogen) atoms. The Morgan fingerprint density at radius 3 is 2.30 bits per heavy atom. The molecule has 0 aromatic heterocycles. The van der Waals surface area contributed by atoms with Gasteiger partial charge in [0.15, 0.2) is 0 Å². The van der Waals surface area contributed by atoms with Crippen LogP contribution in [0.4, 0.5) is 5.69 Å². The van der Waals surface area contributed by atoms with Crippen molar-refractivity contribution < 1.29 is 19.4 Å². The van der Waals surface area contributed by atoms with E-state index in [4.69, 9.17) is 9.84 Å². The van der Waals surface area contributed by atoms with Crippen molar-refractivity contribution >= 4 is 39.6 Å². The number of nitriles is 1. The molecule has 0 aliphatic rings. The summed E-state index contributed by atoms with van der Waals surface area (Å²) in [7, 11) is 0. The number of carbonyl (C=O) groups is 2. The van der Waals surface area contributed by atoms with Crippen LogP contribution in [0, 0.1) is 11.3 Å². The van der Waals surface area contributed by atoms with Gasteiger partial charge in [-0.05, 0) is 81.5 Å². The SMILES string of the molecule is CCc1ccc(NC(=O)C(C#N)=Cc2ccc(OCc3ccc(C(=O)O)cc3)c(Br)c2)cc1. The second kappa shape index (κ2) is 11.1. The number of ether oxygens (including phenoxy) is 1. The highest BCUT2D eigenvalue weighted by Crippen LogP contribution is 2.28. The van der Waals surface area contributed by atoms with E-state index in [9.17, 15) is 14.9 Å². The minimum Gasteiger partial charge on any atom is -0.488 e. The Morgan fingerprint density at radius 1 is 1.06 bits per heavy atom. The van der Waals surface area contributed by atoms with Gasteiger partial charge in [-0.25, -0.2) is 4.79 Å². The number of carboxylic acid groups (broad SMARTS) is 1. The lowest BCUT2D eigenvalue weighted by Gasteiger charge is -2.10. The predicted molar refractivity (Wildman–Crippen MR) is 130 cm³/mol. The van der Waals surface area contributed by atoms with Gasteiger partial charge in [0, 0.05) is 5.69 Å². The molecule has 2 N–H and O–H groups in total. The van der Waals surface area contributed by atoms with E-state index in [0.717, 1.165) is 17.5 Å². The summed E-state index contributed by atoms with van der Waals surface area (Å²) in [6.45, 7) is 2.31. The molecular formula is C26H21BrN2O4. The number of nitrogens with one attached hydrogen (secondary N) is 1. The van der Waals surface area contributed by atoms with Crippen molar-refractivity contribution in [2.45, 2.75) is 20.0 Å².